The summed E-state index contributed by atoms with van der Waals surface area (Å²) < 4.78 is 5.14. The van der Waals surface area contributed by atoms with Crippen molar-refractivity contribution in [3.8, 4) is 0 Å². The molecular formula is C9H17NO2. The van der Waals surface area contributed by atoms with Crippen molar-refractivity contribution >= 4 is 5.91 Å². The number of carbonyl (C=O) groups excluding carboxylic acids is 1. The van der Waals surface area contributed by atoms with Crippen molar-refractivity contribution in [2.75, 3.05) is 13.3 Å². The monoisotopic (exact) mass is 171 g/mol. The Bertz CT molecular complexity index is 143. The normalized spacial score (nSPS) is 9.92. The van der Waals surface area contributed by atoms with Crippen LogP contribution in [0.3, 0.4) is 0 Å². The summed E-state index contributed by atoms with van der Waals surface area (Å²) in [5.74, 6) is 0.444. The van der Waals surface area contributed by atoms with Crippen LogP contribution >= 0.6 is 0 Å². The molecule has 0 heterocycles. The molecule has 0 aromatic carbocycles. The number of rotatable bonds is 6. The summed E-state index contributed by atoms with van der Waals surface area (Å²) in [6.45, 7) is 8.55. The third-order valence-electron chi connectivity index (χ3n) is 1.37. The van der Waals surface area contributed by atoms with Crippen LogP contribution in [0, 0.1) is 5.92 Å². The fourth-order valence-corrected chi connectivity index (χ4v) is 0.586. The summed E-state index contributed by atoms with van der Waals surface area (Å²) >= 11 is 0. The molecule has 1 amide bonds. The highest BCUT2D eigenvalue weighted by Crippen LogP contribution is 1.97. The third kappa shape index (κ3) is 7.28. The van der Waals surface area contributed by atoms with Crippen molar-refractivity contribution in [1.29, 1.82) is 0 Å². The minimum Gasteiger partial charge on any atom is -0.361 e. The summed E-state index contributed by atoms with van der Waals surface area (Å²) in [4.78, 5) is 10.6. The zero-order chi connectivity index (χ0) is 9.40. The van der Waals surface area contributed by atoms with Crippen molar-refractivity contribution in [1.82, 2.24) is 5.32 Å². The Kier molecular flexibility index (Phi) is 6.38. The Morgan fingerprint density at radius 3 is 2.83 bits per heavy atom. The molecule has 0 saturated carbocycles. The van der Waals surface area contributed by atoms with Gasteiger partial charge in [0.05, 0.1) is 0 Å². The zero-order valence-electron chi connectivity index (χ0n) is 7.80. The minimum atomic E-state index is -0.195. The molecule has 0 aromatic heterocycles. The first kappa shape index (κ1) is 11.2. The minimum absolute atomic E-state index is 0.195. The maximum Gasteiger partial charge on any atom is 0.245 e. The molecule has 0 aliphatic carbocycles. The van der Waals surface area contributed by atoms with E-state index in [1.165, 1.54) is 6.08 Å². The average Bonchev–Trinajstić information content (AvgIpc) is 2.03. The standard InChI is InChI=1S/C9H17NO2/c1-4-9(11)10-7-12-6-5-8(2)3/h4,8H,1,5-7H2,2-3H3,(H,10,11). The van der Waals surface area contributed by atoms with E-state index in [9.17, 15) is 4.79 Å². The fourth-order valence-electron chi connectivity index (χ4n) is 0.586. The Morgan fingerprint density at radius 1 is 1.67 bits per heavy atom. The molecule has 0 saturated heterocycles. The number of nitrogens with one attached hydrogen (secondary N) is 1. The lowest BCUT2D eigenvalue weighted by molar-refractivity contribution is -0.118. The summed E-state index contributed by atoms with van der Waals surface area (Å²) in [6.07, 6.45) is 2.25. The van der Waals surface area contributed by atoms with Crippen LogP contribution in [-0.4, -0.2) is 19.2 Å². The van der Waals surface area contributed by atoms with E-state index in [0.29, 0.717) is 12.5 Å². The van der Waals surface area contributed by atoms with E-state index < -0.39 is 0 Å². The van der Waals surface area contributed by atoms with Gasteiger partial charge in [0.2, 0.25) is 5.91 Å². The lowest BCUT2D eigenvalue weighted by atomic mass is 10.1. The molecule has 0 radical (unpaired) electrons. The molecule has 70 valence electrons. The largest absolute Gasteiger partial charge is 0.361 e. The van der Waals surface area contributed by atoms with Crippen LogP contribution in [0.25, 0.3) is 0 Å². The molecule has 0 atom stereocenters. The zero-order valence-corrected chi connectivity index (χ0v) is 7.80. The first-order valence-electron chi connectivity index (χ1n) is 4.14. The first-order chi connectivity index (χ1) is 5.66. The molecule has 0 bridgehead atoms. The molecule has 1 N–H and O–H groups in total. The highest BCUT2D eigenvalue weighted by atomic mass is 16.5. The Labute approximate surface area is 73.8 Å². The second kappa shape index (κ2) is 6.85. The van der Waals surface area contributed by atoms with E-state index in [1.807, 2.05) is 0 Å². The van der Waals surface area contributed by atoms with E-state index in [1.54, 1.807) is 0 Å². The molecule has 0 aliphatic rings. The number of ether oxygens (including phenoxy) is 1. The quantitative estimate of drug-likeness (QED) is 0.372. The van der Waals surface area contributed by atoms with Gasteiger partial charge in [-0.2, -0.15) is 0 Å². The molecule has 0 aromatic rings. The van der Waals surface area contributed by atoms with Gasteiger partial charge in [0, 0.05) is 6.61 Å². The Balaban J connectivity index is 3.11. The second-order valence-corrected chi connectivity index (χ2v) is 2.98. The van der Waals surface area contributed by atoms with Gasteiger partial charge in [-0.15, -0.1) is 0 Å². The summed E-state index contributed by atoms with van der Waals surface area (Å²) in [5, 5.41) is 2.53. The Morgan fingerprint density at radius 2 is 2.33 bits per heavy atom. The van der Waals surface area contributed by atoms with Gasteiger partial charge in [-0.3, -0.25) is 4.79 Å². The molecule has 0 fully saturated rings. The van der Waals surface area contributed by atoms with Crippen LogP contribution in [0.5, 0.6) is 0 Å². The van der Waals surface area contributed by atoms with E-state index in [-0.39, 0.29) is 12.6 Å². The lowest BCUT2D eigenvalue weighted by Crippen LogP contribution is -2.24. The SMILES string of the molecule is C=CC(=O)NCOCCC(C)C. The highest BCUT2D eigenvalue weighted by molar-refractivity contribution is 5.86. The van der Waals surface area contributed by atoms with Crippen LogP contribution in [0.15, 0.2) is 12.7 Å². The van der Waals surface area contributed by atoms with Gasteiger partial charge in [0.1, 0.15) is 6.73 Å². The van der Waals surface area contributed by atoms with Crippen LogP contribution in [0.2, 0.25) is 0 Å². The Hall–Kier alpha value is -0.830. The van der Waals surface area contributed by atoms with Crippen molar-refractivity contribution < 1.29 is 9.53 Å². The summed E-state index contributed by atoms with van der Waals surface area (Å²) in [6, 6.07) is 0. The van der Waals surface area contributed by atoms with Crippen molar-refractivity contribution in [3.05, 3.63) is 12.7 Å². The van der Waals surface area contributed by atoms with Gasteiger partial charge < -0.3 is 10.1 Å². The predicted octanol–water partition coefficient (Wildman–Crippen LogP) is 1.31. The van der Waals surface area contributed by atoms with Gasteiger partial charge in [-0.25, -0.2) is 0 Å². The molecule has 0 aliphatic heterocycles. The summed E-state index contributed by atoms with van der Waals surface area (Å²) in [5.41, 5.74) is 0. The topological polar surface area (TPSA) is 38.3 Å². The van der Waals surface area contributed by atoms with Crippen molar-refractivity contribution in [3.63, 3.8) is 0 Å². The van der Waals surface area contributed by atoms with Gasteiger partial charge in [-0.05, 0) is 18.4 Å². The molecule has 12 heavy (non-hydrogen) atoms. The van der Waals surface area contributed by atoms with Gasteiger partial charge >= 0.3 is 0 Å². The van der Waals surface area contributed by atoms with Crippen LogP contribution < -0.4 is 5.32 Å². The maximum absolute atomic E-state index is 10.6. The van der Waals surface area contributed by atoms with Crippen LogP contribution in [0.1, 0.15) is 20.3 Å². The number of hydrogen-bond acceptors (Lipinski definition) is 2. The predicted molar refractivity (Wildman–Crippen MR) is 48.6 cm³/mol. The number of amides is 1. The smallest absolute Gasteiger partial charge is 0.245 e. The van der Waals surface area contributed by atoms with Crippen LogP contribution in [0.4, 0.5) is 0 Å². The van der Waals surface area contributed by atoms with Gasteiger partial charge in [0.15, 0.2) is 0 Å². The fraction of sp³-hybridized carbons (Fsp3) is 0.667. The average molecular weight is 171 g/mol. The lowest BCUT2D eigenvalue weighted by Gasteiger charge is -2.06. The third-order valence-corrected chi connectivity index (χ3v) is 1.37. The van der Waals surface area contributed by atoms with Crippen molar-refractivity contribution in [2.45, 2.75) is 20.3 Å². The van der Waals surface area contributed by atoms with Gasteiger partial charge in [-0.1, -0.05) is 20.4 Å². The van der Waals surface area contributed by atoms with E-state index in [0.717, 1.165) is 6.42 Å². The maximum atomic E-state index is 10.6. The van der Waals surface area contributed by atoms with Crippen LogP contribution in [-0.2, 0) is 9.53 Å². The molecular weight excluding hydrogens is 154 g/mol. The number of hydrogen-bond donors (Lipinski definition) is 1. The molecule has 0 unspecified atom stereocenters. The summed E-state index contributed by atoms with van der Waals surface area (Å²) in [7, 11) is 0. The molecule has 0 spiro atoms. The van der Waals surface area contributed by atoms with Crippen molar-refractivity contribution in [2.24, 2.45) is 5.92 Å². The number of carbonyl (C=O) groups is 1. The second-order valence-electron chi connectivity index (χ2n) is 2.98. The van der Waals surface area contributed by atoms with E-state index in [4.69, 9.17) is 4.74 Å². The molecule has 3 heteroatoms. The highest BCUT2D eigenvalue weighted by Gasteiger charge is 1.94. The molecule has 0 rings (SSSR count). The van der Waals surface area contributed by atoms with E-state index >= 15 is 0 Å². The van der Waals surface area contributed by atoms with Gasteiger partial charge in [0.25, 0.3) is 0 Å². The van der Waals surface area contributed by atoms with E-state index in [2.05, 4.69) is 25.7 Å². The molecule has 3 nitrogen and oxygen atoms in total. The first-order valence-corrected chi connectivity index (χ1v) is 4.14.